The average Bonchev–Trinajstić information content (AvgIpc) is 3.04. The number of aromatic nitrogens is 2. The summed E-state index contributed by atoms with van der Waals surface area (Å²) in [5.41, 5.74) is 6.00. The van der Waals surface area contributed by atoms with Crippen molar-refractivity contribution in [3.63, 3.8) is 0 Å². The third-order valence-electron chi connectivity index (χ3n) is 2.64. The second-order valence-electron chi connectivity index (χ2n) is 4.68. The van der Waals surface area contributed by atoms with Crippen molar-refractivity contribution in [1.82, 2.24) is 15.3 Å². The Morgan fingerprint density at radius 1 is 1.39 bits per heavy atom. The normalized spacial score (nSPS) is 10.3. The fourth-order valence-corrected chi connectivity index (χ4v) is 3.47. The van der Waals surface area contributed by atoms with Gasteiger partial charge in [-0.05, 0) is 6.42 Å². The van der Waals surface area contributed by atoms with Crippen LogP contribution in [0.5, 0.6) is 0 Å². The molecular weight excluding hydrogens is 336 g/mol. The highest BCUT2D eigenvalue weighted by Gasteiger charge is 2.09. The molecule has 0 saturated carbocycles. The van der Waals surface area contributed by atoms with Gasteiger partial charge in [0.2, 0.25) is 11.8 Å². The molecule has 2 amide bonds. The summed E-state index contributed by atoms with van der Waals surface area (Å²) in [5, 5.41) is 15.3. The van der Waals surface area contributed by atoms with Crippen LogP contribution in [0, 0.1) is 5.41 Å². The average molecular weight is 352 g/mol. The predicted octanol–water partition coefficient (Wildman–Crippen LogP) is 0.895. The van der Waals surface area contributed by atoms with Gasteiger partial charge in [-0.25, -0.2) is 9.97 Å². The lowest BCUT2D eigenvalue weighted by Crippen LogP contribution is -2.36. The predicted molar refractivity (Wildman–Crippen MR) is 89.7 cm³/mol. The first-order valence-corrected chi connectivity index (χ1v) is 8.41. The molecule has 122 valence electrons. The van der Waals surface area contributed by atoms with E-state index in [0.717, 1.165) is 15.6 Å². The van der Waals surface area contributed by atoms with Gasteiger partial charge >= 0.3 is 0 Å². The Hall–Kier alpha value is -2.33. The second kappa shape index (κ2) is 7.79. The van der Waals surface area contributed by atoms with Gasteiger partial charge in [-0.15, -0.1) is 22.7 Å². The first-order valence-electron chi connectivity index (χ1n) is 6.72. The maximum atomic E-state index is 11.5. The molecule has 0 aromatic carbocycles. The summed E-state index contributed by atoms with van der Waals surface area (Å²) in [5.74, 6) is -0.829. The largest absolute Gasteiger partial charge is 0.370 e. The number of nitrogens with one attached hydrogen (secondary N) is 3. The fourth-order valence-electron chi connectivity index (χ4n) is 1.76. The number of carbonyl (C=O) groups excluding carboxylic acids is 2. The summed E-state index contributed by atoms with van der Waals surface area (Å²) >= 11 is 2.84. The Bertz CT molecular complexity index is 724. The minimum absolute atomic E-state index is 0.140. The maximum Gasteiger partial charge on any atom is 0.231 e. The minimum Gasteiger partial charge on any atom is -0.370 e. The number of nitrogens with two attached hydrogens (primary N) is 1. The van der Waals surface area contributed by atoms with Crippen LogP contribution in [0.25, 0.3) is 0 Å². The van der Waals surface area contributed by atoms with Crippen LogP contribution in [0.1, 0.15) is 22.5 Å². The molecule has 23 heavy (non-hydrogen) atoms. The number of hydrogen-bond donors (Lipinski definition) is 4. The standard InChI is InChI=1S/C13H16N6O2S2/c1-7(20)17-13-18-8(6-22-13)2-3-11-16-5-9(23-11)4-10(21)19-12(14)15/h5-6H,2-4H2,1H3,(H,17,18,20)(H4,14,15,19,21). The van der Waals surface area contributed by atoms with Gasteiger partial charge in [0.05, 0.1) is 17.1 Å². The fraction of sp³-hybridized carbons (Fsp3) is 0.308. The number of rotatable bonds is 6. The van der Waals surface area contributed by atoms with Crippen LogP contribution in [0.3, 0.4) is 0 Å². The molecule has 0 saturated heterocycles. The third kappa shape index (κ3) is 5.75. The minimum atomic E-state index is -0.363. The Morgan fingerprint density at radius 3 is 2.87 bits per heavy atom. The quantitative estimate of drug-likeness (QED) is 0.452. The van der Waals surface area contributed by atoms with Crippen LogP contribution in [-0.2, 0) is 28.9 Å². The van der Waals surface area contributed by atoms with Crippen molar-refractivity contribution in [2.45, 2.75) is 26.2 Å². The van der Waals surface area contributed by atoms with Gasteiger partial charge < -0.3 is 11.1 Å². The Morgan fingerprint density at radius 2 is 2.17 bits per heavy atom. The molecule has 0 fully saturated rings. The third-order valence-corrected chi connectivity index (χ3v) is 4.50. The Kier molecular flexibility index (Phi) is 5.77. The van der Waals surface area contributed by atoms with Gasteiger partial charge in [-0.3, -0.25) is 20.3 Å². The van der Waals surface area contributed by atoms with E-state index in [-0.39, 0.29) is 24.2 Å². The molecule has 0 bridgehead atoms. The van der Waals surface area contributed by atoms with Gasteiger partial charge in [0, 0.05) is 29.8 Å². The summed E-state index contributed by atoms with van der Waals surface area (Å²) in [7, 11) is 0. The molecule has 0 unspecified atom stereocenters. The van der Waals surface area contributed by atoms with Crippen molar-refractivity contribution in [1.29, 1.82) is 5.41 Å². The molecule has 5 N–H and O–H groups in total. The van der Waals surface area contributed by atoms with Crippen LogP contribution in [0.15, 0.2) is 11.6 Å². The highest BCUT2D eigenvalue weighted by molar-refractivity contribution is 7.14. The molecule has 2 aromatic heterocycles. The van der Waals surface area contributed by atoms with Gasteiger partial charge in [0.25, 0.3) is 0 Å². The molecule has 10 heteroatoms. The topological polar surface area (TPSA) is 134 Å². The van der Waals surface area contributed by atoms with E-state index in [1.54, 1.807) is 6.20 Å². The van der Waals surface area contributed by atoms with E-state index in [1.165, 1.54) is 29.6 Å². The highest BCUT2D eigenvalue weighted by atomic mass is 32.1. The summed E-state index contributed by atoms with van der Waals surface area (Å²) in [6.07, 6.45) is 3.23. The molecule has 0 radical (unpaired) electrons. The smallest absolute Gasteiger partial charge is 0.231 e. The Labute approximate surface area is 140 Å². The molecule has 2 aromatic rings. The lowest BCUT2D eigenvalue weighted by Gasteiger charge is -1.99. The van der Waals surface area contributed by atoms with Crippen molar-refractivity contribution in [2.24, 2.45) is 5.73 Å². The van der Waals surface area contributed by atoms with Gasteiger partial charge in [-0.1, -0.05) is 0 Å². The zero-order chi connectivity index (χ0) is 16.8. The number of guanidine groups is 1. The summed E-state index contributed by atoms with van der Waals surface area (Å²) < 4.78 is 0. The van der Waals surface area contributed by atoms with Crippen LogP contribution in [0.4, 0.5) is 5.13 Å². The van der Waals surface area contributed by atoms with E-state index in [9.17, 15) is 9.59 Å². The molecule has 0 aliphatic heterocycles. The van der Waals surface area contributed by atoms with Crippen LogP contribution in [-0.4, -0.2) is 27.7 Å². The molecule has 0 atom stereocenters. The van der Waals surface area contributed by atoms with Crippen molar-refractivity contribution in [3.05, 3.63) is 27.2 Å². The van der Waals surface area contributed by atoms with Gasteiger partial charge in [-0.2, -0.15) is 0 Å². The van der Waals surface area contributed by atoms with Gasteiger partial charge in [0.15, 0.2) is 11.1 Å². The van der Waals surface area contributed by atoms with Gasteiger partial charge in [0.1, 0.15) is 0 Å². The van der Waals surface area contributed by atoms with E-state index in [4.69, 9.17) is 11.1 Å². The van der Waals surface area contributed by atoms with E-state index >= 15 is 0 Å². The second-order valence-corrected chi connectivity index (χ2v) is 6.74. The van der Waals surface area contributed by atoms with Crippen molar-refractivity contribution in [3.8, 4) is 0 Å². The van der Waals surface area contributed by atoms with E-state index in [2.05, 4.69) is 20.6 Å². The van der Waals surface area contributed by atoms with Crippen LogP contribution < -0.4 is 16.4 Å². The number of hydrogen-bond acceptors (Lipinski definition) is 7. The number of amides is 2. The zero-order valence-corrected chi connectivity index (χ0v) is 14.0. The van der Waals surface area contributed by atoms with Crippen molar-refractivity contribution in [2.75, 3.05) is 5.32 Å². The molecule has 8 nitrogen and oxygen atoms in total. The SMILES string of the molecule is CC(=O)Nc1nc(CCc2ncc(CC(=O)NC(=N)N)s2)cs1. The summed E-state index contributed by atoms with van der Waals surface area (Å²) in [6.45, 7) is 1.44. The van der Waals surface area contributed by atoms with E-state index < -0.39 is 0 Å². The number of thiazole rings is 2. The molecular formula is C13H16N6O2S2. The monoisotopic (exact) mass is 352 g/mol. The number of aryl methyl sites for hydroxylation is 2. The Balaban J connectivity index is 1.84. The first kappa shape index (κ1) is 17.0. The number of nitrogens with zero attached hydrogens (tertiary/aromatic N) is 2. The van der Waals surface area contributed by atoms with Crippen molar-refractivity contribution < 1.29 is 9.59 Å². The van der Waals surface area contributed by atoms with E-state index in [1.807, 2.05) is 5.38 Å². The molecule has 0 spiro atoms. The van der Waals surface area contributed by atoms with Crippen LogP contribution >= 0.6 is 22.7 Å². The summed E-state index contributed by atoms with van der Waals surface area (Å²) in [4.78, 5) is 31.9. The lowest BCUT2D eigenvalue weighted by molar-refractivity contribution is -0.119. The van der Waals surface area contributed by atoms with Crippen molar-refractivity contribution >= 4 is 45.6 Å². The lowest BCUT2D eigenvalue weighted by atomic mass is 10.3. The van der Waals surface area contributed by atoms with E-state index in [0.29, 0.717) is 18.0 Å². The molecule has 2 rings (SSSR count). The summed E-state index contributed by atoms with van der Waals surface area (Å²) in [6, 6.07) is 0. The molecule has 2 heterocycles. The maximum absolute atomic E-state index is 11.5. The zero-order valence-electron chi connectivity index (χ0n) is 12.4. The first-order chi connectivity index (χ1) is 10.9. The molecule has 0 aliphatic carbocycles. The highest BCUT2D eigenvalue weighted by Crippen LogP contribution is 2.19. The van der Waals surface area contributed by atoms with Crippen LogP contribution in [0.2, 0.25) is 0 Å². The number of anilines is 1. The molecule has 0 aliphatic rings. The number of carbonyl (C=O) groups is 2.